The minimum atomic E-state index is 1.01. The van der Waals surface area contributed by atoms with Crippen LogP contribution in [0.15, 0.2) is 91.3 Å². The van der Waals surface area contributed by atoms with Crippen LogP contribution in [0, 0.1) is 0 Å². The van der Waals surface area contributed by atoms with Gasteiger partial charge in [-0.1, -0.05) is 66.7 Å². The van der Waals surface area contributed by atoms with Gasteiger partial charge < -0.3 is 0 Å². The van der Waals surface area contributed by atoms with Crippen molar-refractivity contribution in [1.82, 2.24) is 4.98 Å². The number of hydrogen-bond acceptors (Lipinski definition) is 1. The van der Waals surface area contributed by atoms with Crippen molar-refractivity contribution in [3.05, 3.63) is 125 Å². The molecule has 0 saturated carbocycles. The summed E-state index contributed by atoms with van der Waals surface area (Å²) < 4.78 is 0. The molecule has 0 radical (unpaired) electrons. The minimum absolute atomic E-state index is 1.01. The Balaban J connectivity index is 1.47. The van der Waals surface area contributed by atoms with E-state index in [0.717, 1.165) is 19.3 Å². The van der Waals surface area contributed by atoms with Crippen molar-refractivity contribution < 1.29 is 0 Å². The third kappa shape index (κ3) is 2.29. The first-order valence-corrected chi connectivity index (χ1v) is 11.8. The maximum Gasteiger partial charge on any atom is 0.0346 e. The fraction of sp³-hybridized carbons (Fsp3) is 0.0938. The summed E-state index contributed by atoms with van der Waals surface area (Å²) in [6, 6.07) is 29.4. The van der Waals surface area contributed by atoms with Crippen molar-refractivity contribution in [2.75, 3.05) is 0 Å². The number of aromatic nitrogens is 1. The van der Waals surface area contributed by atoms with E-state index >= 15 is 0 Å². The van der Waals surface area contributed by atoms with Gasteiger partial charge in [-0.25, -0.2) is 0 Å². The second kappa shape index (κ2) is 6.30. The van der Waals surface area contributed by atoms with E-state index in [-0.39, 0.29) is 0 Å². The third-order valence-corrected chi connectivity index (χ3v) is 7.82. The fourth-order valence-corrected chi connectivity index (χ4v) is 6.50. The molecule has 1 nitrogen and oxygen atoms in total. The molecule has 3 aliphatic rings. The zero-order valence-corrected chi connectivity index (χ0v) is 18.2. The summed E-state index contributed by atoms with van der Waals surface area (Å²) in [4.78, 5) is 4.45. The smallest absolute Gasteiger partial charge is 0.0346 e. The molecule has 0 fully saturated rings. The molecular formula is C32H21N. The van der Waals surface area contributed by atoms with Gasteiger partial charge >= 0.3 is 0 Å². The summed E-state index contributed by atoms with van der Waals surface area (Å²) in [5.41, 5.74) is 20.0. The first-order valence-electron chi connectivity index (χ1n) is 11.8. The number of benzene rings is 4. The van der Waals surface area contributed by atoms with Crippen LogP contribution in [0.5, 0.6) is 0 Å². The second-order valence-electron chi connectivity index (χ2n) is 9.53. The Morgan fingerprint density at radius 3 is 1.97 bits per heavy atom. The van der Waals surface area contributed by atoms with Gasteiger partial charge in [-0.05, 0) is 104 Å². The molecule has 0 aliphatic heterocycles. The maximum absolute atomic E-state index is 4.45. The Morgan fingerprint density at radius 1 is 0.485 bits per heavy atom. The first kappa shape index (κ1) is 17.6. The molecule has 0 atom stereocenters. The second-order valence-corrected chi connectivity index (χ2v) is 9.53. The van der Waals surface area contributed by atoms with Crippen LogP contribution < -0.4 is 0 Å². The monoisotopic (exact) mass is 419 g/mol. The van der Waals surface area contributed by atoms with Crippen molar-refractivity contribution in [2.24, 2.45) is 0 Å². The molecule has 0 amide bonds. The lowest BCUT2D eigenvalue weighted by atomic mass is 9.86. The summed E-state index contributed by atoms with van der Waals surface area (Å²) in [7, 11) is 0. The van der Waals surface area contributed by atoms with Crippen LogP contribution in [0.3, 0.4) is 0 Å². The highest BCUT2D eigenvalue weighted by Gasteiger charge is 2.34. The molecule has 5 aromatic rings. The van der Waals surface area contributed by atoms with Gasteiger partial charge in [0.15, 0.2) is 0 Å². The van der Waals surface area contributed by atoms with E-state index in [2.05, 4.69) is 77.8 Å². The Bertz CT molecular complexity index is 1630. The van der Waals surface area contributed by atoms with E-state index < -0.39 is 0 Å². The Morgan fingerprint density at radius 2 is 1.18 bits per heavy atom. The number of rotatable bonds is 1. The lowest BCUT2D eigenvalue weighted by Gasteiger charge is -2.17. The molecule has 0 saturated heterocycles. The zero-order valence-electron chi connectivity index (χ0n) is 18.2. The summed E-state index contributed by atoms with van der Waals surface area (Å²) in [6.07, 6.45) is 6.94. The maximum atomic E-state index is 4.45. The molecule has 33 heavy (non-hydrogen) atoms. The zero-order chi connectivity index (χ0) is 21.5. The van der Waals surface area contributed by atoms with Gasteiger partial charge in [0.25, 0.3) is 0 Å². The Hall–Kier alpha value is -3.97. The number of fused-ring (bicyclic) bond motifs is 11. The van der Waals surface area contributed by atoms with E-state index in [0.29, 0.717) is 0 Å². The Labute approximate surface area is 193 Å². The quantitative estimate of drug-likeness (QED) is 0.269. The predicted molar refractivity (Wildman–Crippen MR) is 134 cm³/mol. The Kier molecular flexibility index (Phi) is 3.35. The van der Waals surface area contributed by atoms with E-state index in [4.69, 9.17) is 0 Å². The summed E-state index contributed by atoms with van der Waals surface area (Å²) in [5.74, 6) is 0. The van der Waals surface area contributed by atoms with Gasteiger partial charge in [0.2, 0.25) is 0 Å². The summed E-state index contributed by atoms with van der Waals surface area (Å²) in [6.45, 7) is 0. The normalized spacial score (nSPS) is 13.7. The molecular weight excluding hydrogens is 398 g/mol. The van der Waals surface area contributed by atoms with Gasteiger partial charge in [0.1, 0.15) is 0 Å². The number of nitrogens with zero attached hydrogens (tertiary/aromatic N) is 1. The minimum Gasteiger partial charge on any atom is -0.264 e. The van der Waals surface area contributed by atoms with Gasteiger partial charge in [0.05, 0.1) is 0 Å². The van der Waals surface area contributed by atoms with Crippen molar-refractivity contribution in [3.8, 4) is 44.5 Å². The molecule has 8 rings (SSSR count). The fourth-order valence-electron chi connectivity index (χ4n) is 6.50. The highest BCUT2D eigenvalue weighted by molar-refractivity contribution is 6.02. The van der Waals surface area contributed by atoms with Crippen LogP contribution in [-0.2, 0) is 19.3 Å². The molecule has 0 spiro atoms. The van der Waals surface area contributed by atoms with E-state index in [1.807, 2.05) is 18.5 Å². The predicted octanol–water partition coefficient (Wildman–Crippen LogP) is 7.46. The highest BCUT2D eigenvalue weighted by Crippen LogP contribution is 2.55. The lowest BCUT2D eigenvalue weighted by Crippen LogP contribution is -1.94. The average Bonchev–Trinajstić information content (AvgIpc) is 3.54. The SMILES string of the molecule is c1cncc(-c2cc3c(c4c2-c2ccccc2C4)-c2c(ccc4c2-c2ccccc2C4)C3)c1. The van der Waals surface area contributed by atoms with Crippen LogP contribution in [0.25, 0.3) is 44.5 Å². The average molecular weight is 420 g/mol. The van der Waals surface area contributed by atoms with E-state index in [1.54, 1.807) is 0 Å². The number of pyridine rings is 1. The van der Waals surface area contributed by atoms with Gasteiger partial charge in [-0.15, -0.1) is 0 Å². The highest BCUT2D eigenvalue weighted by atomic mass is 14.6. The number of hydrogen-bond donors (Lipinski definition) is 0. The molecule has 1 aromatic heterocycles. The molecule has 1 heteroatoms. The molecule has 0 unspecified atom stereocenters. The van der Waals surface area contributed by atoms with Crippen LogP contribution in [-0.4, -0.2) is 4.98 Å². The van der Waals surface area contributed by atoms with Crippen molar-refractivity contribution in [3.63, 3.8) is 0 Å². The molecule has 1 heterocycles. The van der Waals surface area contributed by atoms with Crippen LogP contribution in [0.2, 0.25) is 0 Å². The summed E-state index contributed by atoms with van der Waals surface area (Å²) in [5, 5.41) is 0. The van der Waals surface area contributed by atoms with Gasteiger partial charge in [-0.3, -0.25) is 4.98 Å². The van der Waals surface area contributed by atoms with Crippen molar-refractivity contribution in [1.29, 1.82) is 0 Å². The topological polar surface area (TPSA) is 12.9 Å². The first-order chi connectivity index (χ1) is 16.4. The molecule has 0 bridgehead atoms. The largest absolute Gasteiger partial charge is 0.264 e. The molecule has 0 N–H and O–H groups in total. The third-order valence-electron chi connectivity index (χ3n) is 7.82. The standard InChI is InChI=1S/C32H21N/c1-3-9-25-19(6-1)14-21-11-12-22-15-24-17-27(23-8-5-13-33-18-23)32-26-10-4-2-7-20(26)16-28(32)30(24)31(22)29(21)25/h1-13,17-18H,14-16H2. The molecule has 154 valence electrons. The van der Waals surface area contributed by atoms with Crippen LogP contribution in [0.1, 0.15) is 33.4 Å². The van der Waals surface area contributed by atoms with Crippen molar-refractivity contribution in [2.45, 2.75) is 19.3 Å². The van der Waals surface area contributed by atoms with Crippen LogP contribution in [0.4, 0.5) is 0 Å². The van der Waals surface area contributed by atoms with E-state index in [9.17, 15) is 0 Å². The van der Waals surface area contributed by atoms with Gasteiger partial charge in [0, 0.05) is 18.0 Å². The lowest BCUT2D eigenvalue weighted by molar-refractivity contribution is 1.22. The van der Waals surface area contributed by atoms with Crippen molar-refractivity contribution >= 4 is 0 Å². The molecule has 4 aromatic carbocycles. The van der Waals surface area contributed by atoms with E-state index in [1.165, 1.54) is 77.9 Å². The van der Waals surface area contributed by atoms with Crippen LogP contribution >= 0.6 is 0 Å². The molecule has 3 aliphatic carbocycles. The van der Waals surface area contributed by atoms with Gasteiger partial charge in [-0.2, -0.15) is 0 Å². The summed E-state index contributed by atoms with van der Waals surface area (Å²) >= 11 is 0.